The number of halogens is 1. The van der Waals surface area contributed by atoms with Crippen molar-refractivity contribution in [3.63, 3.8) is 0 Å². The zero-order valence-electron chi connectivity index (χ0n) is 21.5. The van der Waals surface area contributed by atoms with Crippen molar-refractivity contribution in [3.05, 3.63) is 89.4 Å². The molecule has 1 atom stereocenters. The summed E-state index contributed by atoms with van der Waals surface area (Å²) < 4.78 is 17.2. The quantitative estimate of drug-likeness (QED) is 0.221. The van der Waals surface area contributed by atoms with Gasteiger partial charge in [-0.05, 0) is 68.4 Å². The summed E-state index contributed by atoms with van der Waals surface area (Å²) in [7, 11) is 0. The molecule has 2 heterocycles. The van der Waals surface area contributed by atoms with Crippen LogP contribution in [0, 0.1) is 6.57 Å². The van der Waals surface area contributed by atoms with E-state index in [0.29, 0.717) is 51.2 Å². The molecule has 40 heavy (non-hydrogen) atoms. The summed E-state index contributed by atoms with van der Waals surface area (Å²) >= 11 is 6.29. The highest BCUT2D eigenvalue weighted by atomic mass is 35.5. The highest BCUT2D eigenvalue weighted by molar-refractivity contribution is 6.33. The first-order chi connectivity index (χ1) is 19.5. The fourth-order valence-corrected chi connectivity index (χ4v) is 4.62. The molecule has 0 aliphatic carbocycles. The second kappa shape index (κ2) is 12.7. The number of para-hydroxylation sites is 1. The Hall–Kier alpha value is -4.36. The molecule has 204 valence electrons. The third-order valence-electron chi connectivity index (χ3n) is 6.36. The normalized spacial score (nSPS) is 13.9. The van der Waals surface area contributed by atoms with Crippen LogP contribution in [0.4, 0.5) is 16.2 Å². The number of rotatable bonds is 9. The van der Waals surface area contributed by atoms with Gasteiger partial charge in [0.05, 0.1) is 22.8 Å². The minimum atomic E-state index is -0.695. The van der Waals surface area contributed by atoms with Crippen LogP contribution in [-0.4, -0.2) is 53.4 Å². The third kappa shape index (κ3) is 6.79. The van der Waals surface area contributed by atoms with Crippen LogP contribution in [0.2, 0.25) is 5.02 Å². The Morgan fingerprint density at radius 3 is 2.65 bits per heavy atom. The van der Waals surface area contributed by atoms with Gasteiger partial charge >= 0.3 is 6.09 Å². The van der Waals surface area contributed by atoms with E-state index in [9.17, 15) is 9.90 Å². The molecule has 1 amide bonds. The van der Waals surface area contributed by atoms with Crippen molar-refractivity contribution in [1.29, 1.82) is 0 Å². The van der Waals surface area contributed by atoms with E-state index >= 15 is 0 Å². The van der Waals surface area contributed by atoms with Crippen LogP contribution >= 0.6 is 11.6 Å². The van der Waals surface area contributed by atoms with E-state index in [1.807, 2.05) is 6.07 Å². The molecule has 1 saturated heterocycles. The Morgan fingerprint density at radius 1 is 1.07 bits per heavy atom. The summed E-state index contributed by atoms with van der Waals surface area (Å²) in [6.45, 7) is 10.2. The second-order valence-corrected chi connectivity index (χ2v) is 9.71. The number of aromatic nitrogens is 1. The minimum absolute atomic E-state index is 0.0774. The molecule has 10 heteroatoms. The molecule has 1 aliphatic heterocycles. The molecule has 0 saturated carbocycles. The molecule has 1 fully saturated rings. The number of carbonyl (C=O) groups is 1. The van der Waals surface area contributed by atoms with Gasteiger partial charge in [-0.2, -0.15) is 0 Å². The number of hydrogen-bond donors (Lipinski definition) is 2. The number of nitrogens with zero attached hydrogens (tertiary/aromatic N) is 3. The number of fused-ring (bicyclic) bond motifs is 1. The zero-order chi connectivity index (χ0) is 27.9. The van der Waals surface area contributed by atoms with Gasteiger partial charge in [-0.3, -0.25) is 10.3 Å². The topological polar surface area (TPSA) is 97.5 Å². The molecule has 0 unspecified atom stereocenters. The first-order valence-corrected chi connectivity index (χ1v) is 13.2. The Labute approximate surface area is 236 Å². The van der Waals surface area contributed by atoms with E-state index < -0.39 is 12.2 Å². The summed E-state index contributed by atoms with van der Waals surface area (Å²) in [4.78, 5) is 22.6. The number of aliphatic hydroxyl groups excluding tert-OH is 1. The second-order valence-electron chi connectivity index (χ2n) is 9.30. The maximum atomic E-state index is 12.4. The fraction of sp³-hybridized carbons (Fsp3) is 0.233. The molecular formula is C30H27ClN4O5. The van der Waals surface area contributed by atoms with Crippen molar-refractivity contribution in [2.75, 3.05) is 31.6 Å². The number of amides is 1. The molecule has 3 aromatic carbocycles. The molecule has 5 rings (SSSR count). The molecular weight excluding hydrogens is 532 g/mol. The van der Waals surface area contributed by atoms with Gasteiger partial charge in [0.1, 0.15) is 35.7 Å². The summed E-state index contributed by atoms with van der Waals surface area (Å²) in [6.07, 6.45) is 2.52. The van der Waals surface area contributed by atoms with Crippen molar-refractivity contribution < 1.29 is 24.1 Å². The number of hydrogen-bond acceptors (Lipinski definition) is 7. The van der Waals surface area contributed by atoms with Gasteiger partial charge in [-0.25, -0.2) is 9.64 Å². The Bertz CT molecular complexity index is 1540. The number of benzene rings is 3. The lowest BCUT2D eigenvalue weighted by Gasteiger charge is -2.20. The standard InChI is InChI=1S/C30H27ClN4O5/c1-32-27-16-23-25(17-29(27)38-19-20(36)18-35-13-5-6-14-35)33-12-11-28(23)39-22-9-10-24(31)26(15-22)34-30(37)40-21-7-3-2-4-8-21/h2-4,7-12,15-17,20,36H,5-6,13-14,18-19H2,(H,34,37)/t20-/m1/s1. The van der Waals surface area contributed by atoms with Crippen LogP contribution in [0.3, 0.4) is 0 Å². The van der Waals surface area contributed by atoms with E-state index in [1.54, 1.807) is 66.9 Å². The summed E-state index contributed by atoms with van der Waals surface area (Å²) in [5.41, 5.74) is 1.15. The molecule has 0 radical (unpaired) electrons. The maximum Gasteiger partial charge on any atom is 0.417 e. The maximum absolute atomic E-state index is 12.4. The van der Waals surface area contributed by atoms with Crippen molar-refractivity contribution >= 4 is 40.0 Å². The first kappa shape index (κ1) is 27.2. The molecule has 1 aromatic heterocycles. The smallest absolute Gasteiger partial charge is 0.417 e. The number of anilines is 1. The summed E-state index contributed by atoms with van der Waals surface area (Å²) in [5.74, 6) is 1.60. The van der Waals surface area contributed by atoms with Crippen LogP contribution < -0.4 is 19.5 Å². The zero-order valence-corrected chi connectivity index (χ0v) is 22.3. The Morgan fingerprint density at radius 2 is 1.88 bits per heavy atom. The predicted octanol–water partition coefficient (Wildman–Crippen LogP) is 6.68. The van der Waals surface area contributed by atoms with Gasteiger partial charge in [0.25, 0.3) is 0 Å². The molecule has 2 N–H and O–H groups in total. The third-order valence-corrected chi connectivity index (χ3v) is 6.69. The lowest BCUT2D eigenvalue weighted by atomic mass is 10.1. The number of ether oxygens (including phenoxy) is 3. The number of nitrogens with one attached hydrogen (secondary N) is 1. The van der Waals surface area contributed by atoms with Gasteiger partial charge < -0.3 is 24.2 Å². The lowest BCUT2D eigenvalue weighted by molar-refractivity contribution is 0.0762. The van der Waals surface area contributed by atoms with Gasteiger partial charge in [-0.15, -0.1) is 0 Å². The summed E-state index contributed by atoms with van der Waals surface area (Å²) in [5, 5.41) is 13.9. The van der Waals surface area contributed by atoms with Gasteiger partial charge in [-0.1, -0.05) is 29.8 Å². The average Bonchev–Trinajstić information content (AvgIpc) is 3.47. The van der Waals surface area contributed by atoms with Crippen molar-refractivity contribution in [3.8, 4) is 23.0 Å². The number of aliphatic hydroxyl groups is 1. The van der Waals surface area contributed by atoms with Crippen LogP contribution in [0.1, 0.15) is 12.8 Å². The molecule has 1 aliphatic rings. The SMILES string of the molecule is [C-]#[N+]c1cc2c(Oc3ccc(Cl)c(NC(=O)Oc4ccccc4)c3)ccnc2cc1OC[C@H](O)CN1CCCC1. The number of β-amino-alcohol motifs (C(OH)–C–C–N with tert-alkyl or cyclic N) is 1. The van der Waals surface area contributed by atoms with Gasteiger partial charge in [0.2, 0.25) is 5.69 Å². The molecule has 0 bridgehead atoms. The van der Waals surface area contributed by atoms with E-state index in [2.05, 4.69) is 20.0 Å². The Balaban J connectivity index is 1.31. The fourth-order valence-electron chi connectivity index (χ4n) is 4.45. The van der Waals surface area contributed by atoms with Crippen molar-refractivity contribution in [1.82, 2.24) is 9.88 Å². The van der Waals surface area contributed by atoms with E-state index in [0.717, 1.165) is 25.9 Å². The van der Waals surface area contributed by atoms with E-state index in [4.69, 9.17) is 32.4 Å². The van der Waals surface area contributed by atoms with Crippen LogP contribution in [-0.2, 0) is 0 Å². The summed E-state index contributed by atoms with van der Waals surface area (Å²) in [6, 6.07) is 18.5. The molecule has 4 aromatic rings. The highest BCUT2D eigenvalue weighted by Gasteiger charge is 2.18. The molecule has 0 spiro atoms. The number of likely N-dealkylation sites (tertiary alicyclic amines) is 1. The van der Waals surface area contributed by atoms with Crippen LogP contribution in [0.15, 0.2) is 72.9 Å². The van der Waals surface area contributed by atoms with Crippen molar-refractivity contribution in [2.45, 2.75) is 18.9 Å². The highest BCUT2D eigenvalue weighted by Crippen LogP contribution is 2.38. The number of pyridine rings is 1. The van der Waals surface area contributed by atoms with E-state index in [-0.39, 0.29) is 12.3 Å². The van der Waals surface area contributed by atoms with E-state index in [1.165, 1.54) is 0 Å². The van der Waals surface area contributed by atoms with Crippen molar-refractivity contribution in [2.24, 2.45) is 0 Å². The Kier molecular flexibility index (Phi) is 8.62. The van der Waals surface area contributed by atoms with Gasteiger partial charge in [0.15, 0.2) is 0 Å². The van der Waals surface area contributed by atoms with Gasteiger partial charge in [0, 0.05) is 24.2 Å². The first-order valence-electron chi connectivity index (χ1n) is 12.8. The van der Waals surface area contributed by atoms with Crippen LogP contribution in [0.25, 0.3) is 15.7 Å². The monoisotopic (exact) mass is 558 g/mol. The predicted molar refractivity (Wildman–Crippen MR) is 153 cm³/mol. The lowest BCUT2D eigenvalue weighted by Crippen LogP contribution is -2.33. The average molecular weight is 559 g/mol. The van der Waals surface area contributed by atoms with Crippen LogP contribution in [0.5, 0.6) is 23.0 Å². The largest absolute Gasteiger partial charge is 0.502 e. The minimum Gasteiger partial charge on any atom is -0.502 e. The number of carbonyl (C=O) groups excluding carboxylic acids is 1. The molecule has 9 nitrogen and oxygen atoms in total.